The van der Waals surface area contributed by atoms with Crippen molar-refractivity contribution in [1.82, 2.24) is 0 Å². The molecular formula is C25H19Cl2N3O3. The van der Waals surface area contributed by atoms with E-state index >= 15 is 0 Å². The first kappa shape index (κ1) is 22.5. The number of ketones is 1. The number of nitrogens with zero attached hydrogens (tertiary/aromatic N) is 1. The van der Waals surface area contributed by atoms with E-state index in [-0.39, 0.29) is 33.0 Å². The average molecular weight is 480 g/mol. The number of hydrogen-bond acceptors (Lipinski definition) is 6. The molecule has 0 saturated carbocycles. The highest BCUT2D eigenvalue weighted by Crippen LogP contribution is 2.31. The van der Waals surface area contributed by atoms with Gasteiger partial charge in [-0.25, -0.2) is 4.99 Å². The summed E-state index contributed by atoms with van der Waals surface area (Å²) >= 11 is 12.4. The summed E-state index contributed by atoms with van der Waals surface area (Å²) in [6, 6.07) is 16.6. The molecule has 0 bridgehead atoms. The minimum atomic E-state index is -0.287. The Hall–Kier alpha value is -3.74. The fourth-order valence-corrected chi connectivity index (χ4v) is 3.56. The van der Waals surface area contributed by atoms with Crippen LogP contribution in [0.25, 0.3) is 0 Å². The molecule has 0 heterocycles. The summed E-state index contributed by atoms with van der Waals surface area (Å²) in [7, 11) is 0. The number of aromatic hydroxyl groups is 2. The SMILES string of the molecule is Cc1ccc(NC2=CC(=O)C(Nc3ccc(O)cc3Cl)=C/C2=N/c2ccc(O)cc2Cl)cc1. The molecule has 0 aromatic heterocycles. The molecule has 0 fully saturated rings. The summed E-state index contributed by atoms with van der Waals surface area (Å²) in [6.07, 6.45) is 3.02. The zero-order valence-corrected chi connectivity index (χ0v) is 18.9. The second kappa shape index (κ2) is 9.40. The van der Waals surface area contributed by atoms with Crippen LogP contribution in [0, 0.1) is 6.92 Å². The van der Waals surface area contributed by atoms with Crippen LogP contribution >= 0.6 is 23.2 Å². The quantitative estimate of drug-likeness (QED) is 0.252. The molecule has 0 amide bonds. The molecule has 166 valence electrons. The number of carbonyl (C=O) groups excluding carboxylic acids is 1. The van der Waals surface area contributed by atoms with Gasteiger partial charge in [-0.3, -0.25) is 4.79 Å². The van der Waals surface area contributed by atoms with Gasteiger partial charge in [0.1, 0.15) is 11.5 Å². The second-order valence-electron chi connectivity index (χ2n) is 7.39. The summed E-state index contributed by atoms with van der Waals surface area (Å²) in [6.45, 7) is 1.99. The van der Waals surface area contributed by atoms with Crippen molar-refractivity contribution in [1.29, 1.82) is 0 Å². The molecule has 4 N–H and O–H groups in total. The number of hydrogen-bond donors (Lipinski definition) is 4. The largest absolute Gasteiger partial charge is 0.508 e. The van der Waals surface area contributed by atoms with Gasteiger partial charge in [-0.2, -0.15) is 0 Å². The normalized spacial score (nSPS) is 14.6. The van der Waals surface area contributed by atoms with Gasteiger partial charge in [-0.05, 0) is 49.4 Å². The van der Waals surface area contributed by atoms with Crippen LogP contribution in [0.1, 0.15) is 5.56 Å². The van der Waals surface area contributed by atoms with Crippen molar-refractivity contribution in [3.8, 4) is 11.5 Å². The molecule has 0 unspecified atom stereocenters. The smallest absolute Gasteiger partial charge is 0.204 e. The Morgan fingerprint density at radius 3 is 2.12 bits per heavy atom. The molecule has 1 aliphatic rings. The first-order valence-corrected chi connectivity index (χ1v) is 10.7. The molecule has 4 rings (SSSR count). The van der Waals surface area contributed by atoms with Crippen molar-refractivity contribution in [2.75, 3.05) is 10.6 Å². The number of aliphatic imine (C=N–C) groups is 1. The highest BCUT2D eigenvalue weighted by atomic mass is 35.5. The van der Waals surface area contributed by atoms with Crippen LogP contribution in [0.15, 0.2) is 89.2 Å². The molecule has 1 aliphatic carbocycles. The van der Waals surface area contributed by atoms with Gasteiger partial charge in [-0.15, -0.1) is 0 Å². The highest BCUT2D eigenvalue weighted by Gasteiger charge is 2.21. The van der Waals surface area contributed by atoms with Crippen LogP contribution < -0.4 is 10.6 Å². The van der Waals surface area contributed by atoms with E-state index in [9.17, 15) is 15.0 Å². The molecule has 0 saturated heterocycles. The zero-order chi connectivity index (χ0) is 23.5. The van der Waals surface area contributed by atoms with Gasteiger partial charge in [0, 0.05) is 23.9 Å². The molecule has 8 heteroatoms. The lowest BCUT2D eigenvalue weighted by Crippen LogP contribution is -2.22. The van der Waals surface area contributed by atoms with Crippen molar-refractivity contribution >= 4 is 51.8 Å². The predicted molar refractivity (Wildman–Crippen MR) is 133 cm³/mol. The van der Waals surface area contributed by atoms with Gasteiger partial charge in [0.15, 0.2) is 0 Å². The Kier molecular flexibility index (Phi) is 6.40. The lowest BCUT2D eigenvalue weighted by Gasteiger charge is -2.19. The van der Waals surface area contributed by atoms with Crippen LogP contribution in [0.4, 0.5) is 17.1 Å². The van der Waals surface area contributed by atoms with Crippen molar-refractivity contribution in [2.24, 2.45) is 4.99 Å². The topological polar surface area (TPSA) is 94.0 Å². The minimum Gasteiger partial charge on any atom is -0.508 e. The van der Waals surface area contributed by atoms with Crippen LogP contribution in [0.3, 0.4) is 0 Å². The fraction of sp³-hybridized carbons (Fsp3) is 0.0400. The van der Waals surface area contributed by atoms with Crippen LogP contribution in [-0.4, -0.2) is 21.7 Å². The number of halogens is 2. The minimum absolute atomic E-state index is 0.0169. The van der Waals surface area contributed by atoms with Crippen molar-refractivity contribution < 1.29 is 15.0 Å². The van der Waals surface area contributed by atoms with E-state index in [1.165, 1.54) is 30.3 Å². The summed E-state index contributed by atoms with van der Waals surface area (Å²) in [5, 5.41) is 26.0. The maximum atomic E-state index is 12.9. The summed E-state index contributed by atoms with van der Waals surface area (Å²) in [5.41, 5.74) is 3.95. The zero-order valence-electron chi connectivity index (χ0n) is 17.4. The maximum absolute atomic E-state index is 12.9. The Bertz CT molecular complexity index is 1330. The van der Waals surface area contributed by atoms with Gasteiger partial charge in [0.25, 0.3) is 0 Å². The van der Waals surface area contributed by atoms with Crippen molar-refractivity contribution in [2.45, 2.75) is 6.92 Å². The van der Waals surface area contributed by atoms with Crippen LogP contribution in [0.5, 0.6) is 11.5 Å². The molecule has 6 nitrogen and oxygen atoms in total. The molecule has 33 heavy (non-hydrogen) atoms. The van der Waals surface area contributed by atoms with Gasteiger partial charge in [-0.1, -0.05) is 40.9 Å². The fourth-order valence-electron chi connectivity index (χ4n) is 3.12. The predicted octanol–water partition coefficient (Wildman–Crippen LogP) is 6.36. The monoisotopic (exact) mass is 479 g/mol. The summed E-state index contributed by atoms with van der Waals surface area (Å²) < 4.78 is 0. The first-order valence-electron chi connectivity index (χ1n) is 9.93. The van der Waals surface area contributed by atoms with E-state index in [1.807, 2.05) is 31.2 Å². The second-order valence-corrected chi connectivity index (χ2v) is 8.21. The molecule has 0 aliphatic heterocycles. The number of carbonyl (C=O) groups is 1. The standard InChI is InChI=1S/C25H19Cl2N3O3/c1-14-2-4-15(5-3-14)28-23-13-25(33)24(30-21-9-7-17(32)11-19(21)27)12-22(23)29-20-8-6-16(31)10-18(20)26/h2-13,28,30-32H,1H3/b29-22-. The highest BCUT2D eigenvalue weighted by molar-refractivity contribution is 6.34. The Balaban J connectivity index is 1.73. The van der Waals surface area contributed by atoms with Crippen molar-refractivity contribution in [3.63, 3.8) is 0 Å². The third-order valence-electron chi connectivity index (χ3n) is 4.82. The van der Waals surface area contributed by atoms with E-state index in [1.54, 1.807) is 18.2 Å². The molecule has 0 spiro atoms. The Labute approximate surface area is 200 Å². The van der Waals surface area contributed by atoms with E-state index in [2.05, 4.69) is 15.6 Å². The number of phenolic OH excluding ortho intramolecular Hbond substituents is 2. The molecule has 3 aromatic rings. The van der Waals surface area contributed by atoms with E-state index in [0.717, 1.165) is 11.3 Å². The molecule has 0 atom stereocenters. The van der Waals surface area contributed by atoms with Gasteiger partial charge >= 0.3 is 0 Å². The number of rotatable bonds is 5. The van der Waals surface area contributed by atoms with Gasteiger partial charge in [0.05, 0.1) is 38.5 Å². The van der Waals surface area contributed by atoms with E-state index in [4.69, 9.17) is 23.2 Å². The summed E-state index contributed by atoms with van der Waals surface area (Å²) in [5.74, 6) is -0.246. The van der Waals surface area contributed by atoms with Crippen molar-refractivity contribution in [3.05, 3.63) is 99.8 Å². The number of phenols is 2. The number of nitrogens with one attached hydrogen (secondary N) is 2. The Morgan fingerprint density at radius 2 is 1.45 bits per heavy atom. The lowest BCUT2D eigenvalue weighted by atomic mass is 10.0. The number of aryl methyl sites for hydroxylation is 1. The number of allylic oxidation sites excluding steroid dienone is 2. The van der Waals surface area contributed by atoms with Gasteiger partial charge < -0.3 is 20.8 Å². The third kappa shape index (κ3) is 5.37. The van der Waals surface area contributed by atoms with Crippen LogP contribution in [-0.2, 0) is 4.79 Å². The molecule has 3 aromatic carbocycles. The van der Waals surface area contributed by atoms with Gasteiger partial charge in [0.2, 0.25) is 5.78 Å². The van der Waals surface area contributed by atoms with E-state index < -0.39 is 0 Å². The Morgan fingerprint density at radius 1 is 0.788 bits per heavy atom. The third-order valence-corrected chi connectivity index (χ3v) is 5.44. The number of anilines is 2. The van der Waals surface area contributed by atoms with E-state index in [0.29, 0.717) is 22.8 Å². The maximum Gasteiger partial charge on any atom is 0.204 e. The lowest BCUT2D eigenvalue weighted by molar-refractivity contribution is -0.111. The first-order chi connectivity index (χ1) is 15.8. The summed E-state index contributed by atoms with van der Waals surface area (Å²) in [4.78, 5) is 17.5. The van der Waals surface area contributed by atoms with Crippen LogP contribution in [0.2, 0.25) is 10.0 Å². The molecule has 0 radical (unpaired) electrons. The number of benzene rings is 3. The average Bonchev–Trinajstić information content (AvgIpc) is 2.76. The molecular weight excluding hydrogens is 461 g/mol.